The highest BCUT2D eigenvalue weighted by molar-refractivity contribution is 6.02. The first-order chi connectivity index (χ1) is 5.70. The molecule has 0 spiro atoms. The number of anilines is 1. The summed E-state index contributed by atoms with van der Waals surface area (Å²) in [6, 6.07) is 0. The number of carbonyl (C=O) groups is 1. The highest BCUT2D eigenvalue weighted by Gasteiger charge is 2.29. The molecule has 4 nitrogen and oxygen atoms in total. The van der Waals surface area contributed by atoms with Crippen molar-refractivity contribution in [2.45, 2.75) is 19.8 Å². The first-order valence-electron chi connectivity index (χ1n) is 3.82. The molecule has 0 saturated heterocycles. The number of hydrogen-bond acceptors (Lipinski definition) is 3. The maximum absolute atomic E-state index is 11.2. The quantitative estimate of drug-likeness (QED) is 0.616. The molecule has 1 atom stereocenters. The predicted molar refractivity (Wildman–Crippen MR) is 43.8 cm³/mol. The van der Waals surface area contributed by atoms with E-state index < -0.39 is 0 Å². The number of nitrogens with zero attached hydrogens (tertiary/aromatic N) is 2. The summed E-state index contributed by atoms with van der Waals surface area (Å²) in [6.45, 7) is 3.70. The second-order valence-corrected chi connectivity index (χ2v) is 2.93. The van der Waals surface area contributed by atoms with Crippen LogP contribution >= 0.6 is 0 Å². The first-order valence-corrected chi connectivity index (χ1v) is 3.82. The van der Waals surface area contributed by atoms with E-state index in [0.717, 1.165) is 17.1 Å². The highest BCUT2D eigenvalue weighted by atomic mass is 16.2. The van der Waals surface area contributed by atoms with E-state index in [-0.39, 0.29) is 11.8 Å². The van der Waals surface area contributed by atoms with Crippen LogP contribution < -0.4 is 5.32 Å². The molecule has 1 aromatic rings. The summed E-state index contributed by atoms with van der Waals surface area (Å²) < 4.78 is 0. The molecule has 62 valence electrons. The fourth-order valence-electron chi connectivity index (χ4n) is 1.33. The van der Waals surface area contributed by atoms with E-state index in [1.54, 1.807) is 0 Å². The van der Waals surface area contributed by atoms with Crippen molar-refractivity contribution in [1.29, 1.82) is 0 Å². The Morgan fingerprint density at radius 1 is 1.50 bits per heavy atom. The first kappa shape index (κ1) is 7.21. The Bertz CT molecular complexity index is 348. The van der Waals surface area contributed by atoms with E-state index in [9.17, 15) is 4.79 Å². The molecule has 1 N–H and O–H groups in total. The maximum Gasteiger partial charge on any atom is 0.233 e. The molecule has 1 aliphatic heterocycles. The number of nitrogens with one attached hydrogen (secondary N) is 1. The zero-order chi connectivity index (χ0) is 8.72. The number of fused-ring (bicyclic) bond motifs is 1. The van der Waals surface area contributed by atoms with Crippen LogP contribution in [0.25, 0.3) is 0 Å². The molecule has 0 aromatic carbocycles. The minimum atomic E-state index is -0.137. The minimum absolute atomic E-state index is 0.00796. The van der Waals surface area contributed by atoms with Gasteiger partial charge in [-0.25, -0.2) is 9.97 Å². The van der Waals surface area contributed by atoms with Gasteiger partial charge in [0, 0.05) is 0 Å². The standard InChI is InChI=1S/C8H9N3O/c1-4-6-7(11-8(4)12)5(2)9-3-10-6/h3-4H,1-2H3,(H,11,12). The van der Waals surface area contributed by atoms with Crippen molar-refractivity contribution in [3.63, 3.8) is 0 Å². The third kappa shape index (κ3) is 0.809. The van der Waals surface area contributed by atoms with Gasteiger partial charge in [-0.05, 0) is 13.8 Å². The summed E-state index contributed by atoms with van der Waals surface area (Å²) >= 11 is 0. The number of carbonyl (C=O) groups excluding carboxylic acids is 1. The van der Waals surface area contributed by atoms with Gasteiger partial charge in [0.05, 0.1) is 23.0 Å². The number of aryl methyl sites for hydroxylation is 1. The molecule has 0 fully saturated rings. The summed E-state index contributed by atoms with van der Waals surface area (Å²) in [4.78, 5) is 19.3. The van der Waals surface area contributed by atoms with E-state index in [4.69, 9.17) is 0 Å². The van der Waals surface area contributed by atoms with Gasteiger partial charge in [0.1, 0.15) is 6.33 Å². The van der Waals surface area contributed by atoms with Gasteiger partial charge in [0.15, 0.2) is 0 Å². The smallest absolute Gasteiger partial charge is 0.233 e. The molecule has 0 bridgehead atoms. The maximum atomic E-state index is 11.2. The van der Waals surface area contributed by atoms with Crippen LogP contribution in [0.4, 0.5) is 5.69 Å². The van der Waals surface area contributed by atoms with Crippen LogP contribution in [0.2, 0.25) is 0 Å². The molecule has 12 heavy (non-hydrogen) atoms. The molecule has 1 aliphatic rings. The summed E-state index contributed by atoms with van der Waals surface area (Å²) in [5.41, 5.74) is 2.43. The predicted octanol–water partition coefficient (Wildman–Crippen LogP) is 0.841. The van der Waals surface area contributed by atoms with Gasteiger partial charge >= 0.3 is 0 Å². The van der Waals surface area contributed by atoms with Gasteiger partial charge in [0.25, 0.3) is 0 Å². The molecule has 1 unspecified atom stereocenters. The van der Waals surface area contributed by atoms with Crippen LogP contribution in [0.5, 0.6) is 0 Å². The lowest BCUT2D eigenvalue weighted by Gasteiger charge is -1.99. The molecule has 1 aromatic heterocycles. The van der Waals surface area contributed by atoms with Gasteiger partial charge in [-0.15, -0.1) is 0 Å². The molecule has 0 aliphatic carbocycles. The van der Waals surface area contributed by atoms with Gasteiger partial charge < -0.3 is 5.32 Å². The number of rotatable bonds is 0. The molecule has 1 amide bonds. The Morgan fingerprint density at radius 3 is 2.92 bits per heavy atom. The van der Waals surface area contributed by atoms with Crippen LogP contribution in [-0.2, 0) is 4.79 Å². The van der Waals surface area contributed by atoms with Crippen molar-refractivity contribution in [2.24, 2.45) is 0 Å². The lowest BCUT2D eigenvalue weighted by Crippen LogP contribution is -2.08. The molecular formula is C8H9N3O. The normalized spacial score (nSPS) is 20.5. The lowest BCUT2D eigenvalue weighted by atomic mass is 10.1. The second kappa shape index (κ2) is 2.27. The van der Waals surface area contributed by atoms with Crippen molar-refractivity contribution < 1.29 is 4.79 Å². The lowest BCUT2D eigenvalue weighted by molar-refractivity contribution is -0.116. The van der Waals surface area contributed by atoms with E-state index in [2.05, 4.69) is 15.3 Å². The Kier molecular flexibility index (Phi) is 1.36. The van der Waals surface area contributed by atoms with Crippen LogP contribution in [-0.4, -0.2) is 15.9 Å². The highest BCUT2D eigenvalue weighted by Crippen LogP contribution is 2.30. The molecule has 0 saturated carbocycles. The average molecular weight is 163 g/mol. The summed E-state index contributed by atoms with van der Waals surface area (Å²) in [7, 11) is 0. The van der Waals surface area contributed by atoms with Gasteiger partial charge in [-0.1, -0.05) is 0 Å². The van der Waals surface area contributed by atoms with Crippen LogP contribution in [0.15, 0.2) is 6.33 Å². The fraction of sp³-hybridized carbons (Fsp3) is 0.375. The van der Waals surface area contributed by atoms with Crippen molar-refractivity contribution in [3.05, 3.63) is 17.7 Å². The summed E-state index contributed by atoms with van der Waals surface area (Å²) in [5, 5.41) is 2.75. The van der Waals surface area contributed by atoms with Crippen LogP contribution in [0.1, 0.15) is 24.2 Å². The summed E-state index contributed by atoms with van der Waals surface area (Å²) in [5.74, 6) is -0.129. The zero-order valence-electron chi connectivity index (χ0n) is 6.96. The van der Waals surface area contributed by atoms with E-state index >= 15 is 0 Å². The molecular weight excluding hydrogens is 154 g/mol. The molecule has 2 rings (SSSR count). The van der Waals surface area contributed by atoms with E-state index in [1.807, 2.05) is 13.8 Å². The van der Waals surface area contributed by atoms with Gasteiger partial charge in [-0.2, -0.15) is 0 Å². The van der Waals surface area contributed by atoms with Crippen LogP contribution in [0.3, 0.4) is 0 Å². The largest absolute Gasteiger partial charge is 0.322 e. The molecule has 4 heteroatoms. The number of hydrogen-bond donors (Lipinski definition) is 1. The Hall–Kier alpha value is -1.45. The molecule has 0 radical (unpaired) electrons. The van der Waals surface area contributed by atoms with E-state index in [1.165, 1.54) is 6.33 Å². The SMILES string of the molecule is Cc1ncnc2c1NC(=O)C2C. The Balaban J connectivity index is 2.60. The van der Waals surface area contributed by atoms with Crippen molar-refractivity contribution in [1.82, 2.24) is 9.97 Å². The monoisotopic (exact) mass is 163 g/mol. The third-order valence-corrected chi connectivity index (χ3v) is 2.12. The van der Waals surface area contributed by atoms with Crippen molar-refractivity contribution in [2.75, 3.05) is 5.32 Å². The van der Waals surface area contributed by atoms with Crippen molar-refractivity contribution in [3.8, 4) is 0 Å². The third-order valence-electron chi connectivity index (χ3n) is 2.12. The number of aromatic nitrogens is 2. The molecule has 2 heterocycles. The number of amides is 1. The van der Waals surface area contributed by atoms with Crippen molar-refractivity contribution >= 4 is 11.6 Å². The minimum Gasteiger partial charge on any atom is -0.322 e. The Morgan fingerprint density at radius 2 is 2.25 bits per heavy atom. The van der Waals surface area contributed by atoms with Crippen LogP contribution in [0, 0.1) is 6.92 Å². The fourth-order valence-corrected chi connectivity index (χ4v) is 1.33. The zero-order valence-corrected chi connectivity index (χ0v) is 6.96. The summed E-state index contributed by atoms with van der Waals surface area (Å²) in [6.07, 6.45) is 1.49. The Labute approximate surface area is 70.0 Å². The second-order valence-electron chi connectivity index (χ2n) is 2.93. The average Bonchev–Trinajstić information content (AvgIpc) is 2.32. The topological polar surface area (TPSA) is 54.9 Å². The van der Waals surface area contributed by atoms with E-state index in [0.29, 0.717) is 0 Å². The van der Waals surface area contributed by atoms with Gasteiger partial charge in [0.2, 0.25) is 5.91 Å². The van der Waals surface area contributed by atoms with Gasteiger partial charge in [-0.3, -0.25) is 4.79 Å².